The first-order chi connectivity index (χ1) is 8.75. The third kappa shape index (κ3) is 1.76. The van der Waals surface area contributed by atoms with Gasteiger partial charge < -0.3 is 5.11 Å². The number of fused-ring (bicyclic) bond motifs is 1. The first kappa shape index (κ1) is 10.9. The van der Waals surface area contributed by atoms with Crippen molar-refractivity contribution in [1.82, 2.24) is 4.98 Å². The molecule has 0 bridgehead atoms. The minimum Gasteiger partial charge on any atom is -0.463 e. The number of amides is 1. The molecule has 1 aliphatic heterocycles. The molecule has 2 heterocycles. The summed E-state index contributed by atoms with van der Waals surface area (Å²) >= 11 is 1.46. The monoisotopic (exact) mass is 259 g/mol. The van der Waals surface area contributed by atoms with E-state index in [4.69, 9.17) is 0 Å². The van der Waals surface area contributed by atoms with E-state index in [-0.39, 0.29) is 0 Å². The molecule has 1 amide bonds. The van der Waals surface area contributed by atoms with Crippen LogP contribution >= 0.6 is 11.3 Å². The molecule has 0 aliphatic carbocycles. The molecule has 0 saturated carbocycles. The number of benzene rings is 1. The van der Waals surface area contributed by atoms with E-state index in [2.05, 4.69) is 10.1 Å². The van der Waals surface area contributed by atoms with Crippen LogP contribution in [0.2, 0.25) is 0 Å². The number of carbonyl (C=O) groups is 1. The van der Waals surface area contributed by atoms with Gasteiger partial charge in [-0.05, 0) is 11.6 Å². The van der Waals surface area contributed by atoms with Gasteiger partial charge in [0.15, 0.2) is 0 Å². The number of para-hydroxylation sites is 1. The van der Waals surface area contributed by atoms with Gasteiger partial charge in [-0.25, -0.2) is 9.78 Å². The molecule has 1 N–H and O–H groups in total. The molecule has 90 valence electrons. The smallest absolute Gasteiger partial charge is 0.432 e. The summed E-state index contributed by atoms with van der Waals surface area (Å²) in [5, 5.41) is 17.0. The number of carboxylic acid groups (broad SMARTS) is 1. The van der Waals surface area contributed by atoms with Crippen LogP contribution in [0.15, 0.2) is 40.9 Å². The average molecular weight is 259 g/mol. The molecular weight excluding hydrogens is 250 g/mol. The molecule has 0 atom stereocenters. The third-order valence-electron chi connectivity index (χ3n) is 2.66. The number of rotatable bonds is 1. The summed E-state index contributed by atoms with van der Waals surface area (Å²) in [7, 11) is 0. The van der Waals surface area contributed by atoms with Crippen molar-refractivity contribution >= 4 is 28.8 Å². The van der Waals surface area contributed by atoms with Crippen molar-refractivity contribution in [3.05, 3.63) is 46.4 Å². The summed E-state index contributed by atoms with van der Waals surface area (Å²) in [6, 6.07) is 7.36. The van der Waals surface area contributed by atoms with Gasteiger partial charge in [0.25, 0.3) is 0 Å². The van der Waals surface area contributed by atoms with Gasteiger partial charge in [-0.15, -0.1) is 11.3 Å². The van der Waals surface area contributed by atoms with E-state index in [1.165, 1.54) is 11.3 Å². The predicted molar refractivity (Wildman–Crippen MR) is 69.3 cm³/mol. The van der Waals surface area contributed by atoms with Crippen molar-refractivity contribution in [3.63, 3.8) is 0 Å². The quantitative estimate of drug-likeness (QED) is 0.856. The van der Waals surface area contributed by atoms with Gasteiger partial charge in [-0.1, -0.05) is 18.2 Å². The van der Waals surface area contributed by atoms with Crippen molar-refractivity contribution in [2.24, 2.45) is 5.10 Å². The Morgan fingerprint density at radius 1 is 1.39 bits per heavy atom. The lowest BCUT2D eigenvalue weighted by Crippen LogP contribution is -2.30. The molecule has 0 spiro atoms. The zero-order valence-corrected chi connectivity index (χ0v) is 10.1. The SMILES string of the molecule is O=C(O)N1N=C(c2nccs2)Cc2ccccc21. The summed E-state index contributed by atoms with van der Waals surface area (Å²) in [6.07, 6.45) is 1.21. The molecule has 0 unspecified atom stereocenters. The molecule has 6 heteroatoms. The summed E-state index contributed by atoms with van der Waals surface area (Å²) in [6.45, 7) is 0. The van der Waals surface area contributed by atoms with E-state index in [9.17, 15) is 9.90 Å². The van der Waals surface area contributed by atoms with Crippen LogP contribution in [0, 0.1) is 0 Å². The van der Waals surface area contributed by atoms with Gasteiger partial charge in [0.05, 0.1) is 5.69 Å². The van der Waals surface area contributed by atoms with E-state index >= 15 is 0 Å². The molecule has 1 aromatic carbocycles. The zero-order valence-electron chi connectivity index (χ0n) is 9.28. The lowest BCUT2D eigenvalue weighted by atomic mass is 10.0. The van der Waals surface area contributed by atoms with Crippen LogP contribution < -0.4 is 5.01 Å². The second kappa shape index (κ2) is 4.23. The van der Waals surface area contributed by atoms with E-state index in [0.717, 1.165) is 15.6 Å². The van der Waals surface area contributed by atoms with Gasteiger partial charge in [-0.2, -0.15) is 10.1 Å². The highest BCUT2D eigenvalue weighted by Crippen LogP contribution is 2.27. The summed E-state index contributed by atoms with van der Waals surface area (Å²) in [4.78, 5) is 15.4. The summed E-state index contributed by atoms with van der Waals surface area (Å²) in [5.74, 6) is 0. The van der Waals surface area contributed by atoms with Crippen molar-refractivity contribution in [2.75, 3.05) is 5.01 Å². The fourth-order valence-electron chi connectivity index (χ4n) is 1.89. The topological polar surface area (TPSA) is 65.8 Å². The molecular formula is C12H9N3O2S. The number of anilines is 1. The van der Waals surface area contributed by atoms with E-state index < -0.39 is 6.09 Å². The molecule has 3 rings (SSSR count). The largest absolute Gasteiger partial charge is 0.463 e. The van der Waals surface area contributed by atoms with Crippen LogP contribution in [-0.2, 0) is 6.42 Å². The predicted octanol–water partition coefficient (Wildman–Crippen LogP) is 2.59. The average Bonchev–Trinajstić information content (AvgIpc) is 2.91. The molecule has 0 fully saturated rings. The van der Waals surface area contributed by atoms with Gasteiger partial charge in [0.2, 0.25) is 0 Å². The van der Waals surface area contributed by atoms with E-state index in [1.54, 1.807) is 18.3 Å². The van der Waals surface area contributed by atoms with E-state index in [0.29, 0.717) is 17.8 Å². The van der Waals surface area contributed by atoms with Crippen LogP contribution in [0.3, 0.4) is 0 Å². The number of nitrogens with zero attached hydrogens (tertiary/aromatic N) is 3. The number of hydrogen-bond acceptors (Lipinski definition) is 4. The fourth-order valence-corrected chi connectivity index (χ4v) is 2.51. The number of thiazole rings is 1. The molecule has 1 aromatic heterocycles. The Kier molecular flexibility index (Phi) is 2.56. The first-order valence-electron chi connectivity index (χ1n) is 5.34. The van der Waals surface area contributed by atoms with Crippen molar-refractivity contribution in [1.29, 1.82) is 0 Å². The highest BCUT2D eigenvalue weighted by molar-refractivity contribution is 7.11. The third-order valence-corrected chi connectivity index (χ3v) is 3.48. The number of hydrogen-bond donors (Lipinski definition) is 1. The van der Waals surface area contributed by atoms with Gasteiger partial charge in [0.1, 0.15) is 10.7 Å². The maximum absolute atomic E-state index is 11.2. The molecule has 18 heavy (non-hydrogen) atoms. The fraction of sp³-hybridized carbons (Fsp3) is 0.0833. The second-order valence-electron chi connectivity index (χ2n) is 3.78. The Labute approximate surface area is 107 Å². The van der Waals surface area contributed by atoms with Crippen molar-refractivity contribution in [2.45, 2.75) is 6.42 Å². The standard InChI is InChI=1S/C12H9N3O2S/c16-12(17)15-10-4-2-1-3-8(10)7-9(14-15)11-13-5-6-18-11/h1-6H,7H2,(H,16,17). The molecule has 0 radical (unpaired) electrons. The summed E-state index contributed by atoms with van der Waals surface area (Å²) < 4.78 is 0. The zero-order chi connectivity index (χ0) is 12.5. The number of aromatic nitrogens is 1. The minimum atomic E-state index is -1.09. The van der Waals surface area contributed by atoms with Crippen molar-refractivity contribution in [3.8, 4) is 0 Å². The Hall–Kier alpha value is -2.21. The van der Waals surface area contributed by atoms with Gasteiger partial charge in [-0.3, -0.25) is 0 Å². The van der Waals surface area contributed by atoms with Crippen LogP contribution in [0.4, 0.5) is 10.5 Å². The molecule has 2 aromatic rings. The normalized spacial score (nSPS) is 14.0. The van der Waals surface area contributed by atoms with Gasteiger partial charge in [0, 0.05) is 18.0 Å². The Morgan fingerprint density at radius 2 is 2.22 bits per heavy atom. The Balaban J connectivity index is 2.09. The number of hydrazone groups is 1. The highest BCUT2D eigenvalue weighted by Gasteiger charge is 2.25. The highest BCUT2D eigenvalue weighted by atomic mass is 32.1. The van der Waals surface area contributed by atoms with Crippen LogP contribution in [0.25, 0.3) is 0 Å². The second-order valence-corrected chi connectivity index (χ2v) is 4.68. The lowest BCUT2D eigenvalue weighted by molar-refractivity contribution is 0.202. The van der Waals surface area contributed by atoms with Crippen LogP contribution in [-0.4, -0.2) is 21.9 Å². The van der Waals surface area contributed by atoms with Gasteiger partial charge >= 0.3 is 6.09 Å². The first-order valence-corrected chi connectivity index (χ1v) is 6.22. The molecule has 1 aliphatic rings. The van der Waals surface area contributed by atoms with Crippen LogP contribution in [0.5, 0.6) is 0 Å². The van der Waals surface area contributed by atoms with Crippen molar-refractivity contribution < 1.29 is 9.90 Å². The minimum absolute atomic E-state index is 0.605. The summed E-state index contributed by atoms with van der Waals surface area (Å²) in [5.41, 5.74) is 2.25. The lowest BCUT2D eigenvalue weighted by Gasteiger charge is -2.23. The molecule has 5 nitrogen and oxygen atoms in total. The van der Waals surface area contributed by atoms with Crippen LogP contribution in [0.1, 0.15) is 10.6 Å². The molecule has 0 saturated heterocycles. The Morgan fingerprint density at radius 3 is 2.94 bits per heavy atom. The maximum atomic E-state index is 11.2. The Bertz CT molecular complexity index is 622. The van der Waals surface area contributed by atoms with E-state index in [1.807, 2.05) is 17.5 Å². The maximum Gasteiger partial charge on any atom is 0.432 e.